The van der Waals surface area contributed by atoms with Crippen LogP contribution in [0.4, 0.5) is 0 Å². The van der Waals surface area contributed by atoms with E-state index in [1.54, 1.807) is 6.20 Å². The standard InChI is InChI=1S/C8H8N2.C2H6/c1-7(6-9)8-4-2-3-5-10-8;1-2/h2-5,7H,1H3;1-2H3. The molecular weight excluding hydrogens is 148 g/mol. The third-order valence-corrected chi connectivity index (χ3v) is 1.33. The van der Waals surface area contributed by atoms with E-state index in [1.165, 1.54) is 0 Å². The molecule has 64 valence electrons. The average molecular weight is 162 g/mol. The zero-order chi connectivity index (χ0) is 9.40. The lowest BCUT2D eigenvalue weighted by molar-refractivity contribution is 0.920. The summed E-state index contributed by atoms with van der Waals surface area (Å²) in [5.41, 5.74) is 0.838. The summed E-state index contributed by atoms with van der Waals surface area (Å²) in [7, 11) is 0. The monoisotopic (exact) mass is 162 g/mol. The maximum atomic E-state index is 8.50. The van der Waals surface area contributed by atoms with E-state index >= 15 is 0 Å². The topological polar surface area (TPSA) is 36.7 Å². The highest BCUT2D eigenvalue weighted by molar-refractivity contribution is 5.14. The van der Waals surface area contributed by atoms with Crippen molar-refractivity contribution in [2.45, 2.75) is 26.7 Å². The fourth-order valence-corrected chi connectivity index (χ4v) is 0.698. The molecule has 0 saturated heterocycles. The quantitative estimate of drug-likeness (QED) is 0.636. The predicted molar refractivity (Wildman–Crippen MR) is 49.6 cm³/mol. The molecule has 2 nitrogen and oxygen atoms in total. The van der Waals surface area contributed by atoms with Crippen LogP contribution < -0.4 is 0 Å². The lowest BCUT2D eigenvalue weighted by atomic mass is 10.1. The second-order valence-electron chi connectivity index (χ2n) is 2.11. The number of hydrogen-bond donors (Lipinski definition) is 0. The summed E-state index contributed by atoms with van der Waals surface area (Å²) in [5.74, 6) is -0.0961. The molecule has 1 rings (SSSR count). The van der Waals surface area contributed by atoms with Gasteiger partial charge in [0.15, 0.2) is 0 Å². The zero-order valence-electron chi connectivity index (χ0n) is 7.78. The number of rotatable bonds is 1. The minimum atomic E-state index is -0.0961. The smallest absolute Gasteiger partial charge is 0.0856 e. The van der Waals surface area contributed by atoms with E-state index < -0.39 is 0 Å². The molecule has 1 aromatic heterocycles. The molecule has 0 aliphatic rings. The molecular formula is C10H14N2. The van der Waals surface area contributed by atoms with Crippen LogP contribution in [0.25, 0.3) is 0 Å². The van der Waals surface area contributed by atoms with Gasteiger partial charge in [0, 0.05) is 6.20 Å². The Kier molecular flexibility index (Phi) is 5.64. The van der Waals surface area contributed by atoms with Gasteiger partial charge in [-0.05, 0) is 19.1 Å². The van der Waals surface area contributed by atoms with Gasteiger partial charge in [0.2, 0.25) is 0 Å². The number of aromatic nitrogens is 1. The Hall–Kier alpha value is -1.36. The normalized spacial score (nSPS) is 10.5. The third kappa shape index (κ3) is 3.16. The van der Waals surface area contributed by atoms with Gasteiger partial charge in [0.05, 0.1) is 17.7 Å². The van der Waals surface area contributed by atoms with Crippen molar-refractivity contribution >= 4 is 0 Å². The highest BCUT2D eigenvalue weighted by atomic mass is 14.7. The molecule has 1 atom stereocenters. The number of pyridine rings is 1. The highest BCUT2D eigenvalue weighted by Gasteiger charge is 2.01. The minimum absolute atomic E-state index is 0.0961. The van der Waals surface area contributed by atoms with E-state index in [4.69, 9.17) is 5.26 Å². The van der Waals surface area contributed by atoms with Gasteiger partial charge in [-0.3, -0.25) is 4.98 Å². The molecule has 0 aromatic carbocycles. The zero-order valence-corrected chi connectivity index (χ0v) is 7.78. The van der Waals surface area contributed by atoms with Crippen LogP contribution in [0.1, 0.15) is 32.4 Å². The molecule has 0 N–H and O–H groups in total. The average Bonchev–Trinajstić information content (AvgIpc) is 2.21. The molecule has 1 unspecified atom stereocenters. The summed E-state index contributed by atoms with van der Waals surface area (Å²) in [6.45, 7) is 5.84. The van der Waals surface area contributed by atoms with Crippen molar-refractivity contribution < 1.29 is 0 Å². The van der Waals surface area contributed by atoms with Gasteiger partial charge in [-0.25, -0.2) is 0 Å². The van der Waals surface area contributed by atoms with Gasteiger partial charge in [-0.15, -0.1) is 0 Å². The summed E-state index contributed by atoms with van der Waals surface area (Å²) in [6, 6.07) is 7.70. The Bertz CT molecular complexity index is 236. The van der Waals surface area contributed by atoms with Crippen molar-refractivity contribution in [3.05, 3.63) is 30.1 Å². The Morgan fingerprint density at radius 3 is 2.50 bits per heavy atom. The minimum Gasteiger partial charge on any atom is -0.260 e. The van der Waals surface area contributed by atoms with Gasteiger partial charge < -0.3 is 0 Å². The van der Waals surface area contributed by atoms with Crippen LogP contribution in [0.15, 0.2) is 24.4 Å². The van der Waals surface area contributed by atoms with Gasteiger partial charge in [-0.1, -0.05) is 19.9 Å². The molecule has 0 spiro atoms. The first-order chi connectivity index (χ1) is 5.84. The summed E-state index contributed by atoms with van der Waals surface area (Å²) in [4.78, 5) is 4.03. The molecule has 0 aliphatic heterocycles. The molecule has 0 radical (unpaired) electrons. The third-order valence-electron chi connectivity index (χ3n) is 1.33. The van der Waals surface area contributed by atoms with Crippen LogP contribution in [0.3, 0.4) is 0 Å². The SMILES string of the molecule is CC.CC(C#N)c1ccccn1. The van der Waals surface area contributed by atoms with Crippen LogP contribution >= 0.6 is 0 Å². The van der Waals surface area contributed by atoms with Crippen LogP contribution in [-0.4, -0.2) is 4.98 Å². The van der Waals surface area contributed by atoms with Crippen molar-refractivity contribution in [2.24, 2.45) is 0 Å². The molecule has 0 saturated carbocycles. The number of nitriles is 1. The maximum absolute atomic E-state index is 8.50. The molecule has 1 heterocycles. The Labute approximate surface area is 73.9 Å². The van der Waals surface area contributed by atoms with E-state index in [-0.39, 0.29) is 5.92 Å². The first-order valence-corrected chi connectivity index (χ1v) is 4.15. The van der Waals surface area contributed by atoms with Crippen LogP contribution in [0.5, 0.6) is 0 Å². The van der Waals surface area contributed by atoms with Gasteiger partial charge in [0.1, 0.15) is 0 Å². The van der Waals surface area contributed by atoms with Crippen molar-refractivity contribution in [3.63, 3.8) is 0 Å². The predicted octanol–water partition coefficient (Wildman–Crippen LogP) is 2.73. The van der Waals surface area contributed by atoms with Gasteiger partial charge >= 0.3 is 0 Å². The highest BCUT2D eigenvalue weighted by Crippen LogP contribution is 2.08. The number of hydrogen-bond acceptors (Lipinski definition) is 2. The maximum Gasteiger partial charge on any atom is 0.0856 e. The second kappa shape index (κ2) is 6.36. The summed E-state index contributed by atoms with van der Waals surface area (Å²) < 4.78 is 0. The lowest BCUT2D eigenvalue weighted by Crippen LogP contribution is -1.91. The van der Waals surface area contributed by atoms with E-state index in [9.17, 15) is 0 Å². The molecule has 0 aliphatic carbocycles. The molecule has 1 aromatic rings. The summed E-state index contributed by atoms with van der Waals surface area (Å²) in [5, 5.41) is 8.50. The van der Waals surface area contributed by atoms with Gasteiger partial charge in [0.25, 0.3) is 0 Å². The Morgan fingerprint density at radius 2 is 2.08 bits per heavy atom. The van der Waals surface area contributed by atoms with Crippen molar-refractivity contribution in [2.75, 3.05) is 0 Å². The van der Waals surface area contributed by atoms with Crippen LogP contribution in [0, 0.1) is 11.3 Å². The van der Waals surface area contributed by atoms with Crippen molar-refractivity contribution in [3.8, 4) is 6.07 Å². The summed E-state index contributed by atoms with van der Waals surface area (Å²) >= 11 is 0. The van der Waals surface area contributed by atoms with E-state index in [0.717, 1.165) is 5.69 Å². The van der Waals surface area contributed by atoms with E-state index in [2.05, 4.69) is 11.1 Å². The molecule has 0 fully saturated rings. The molecule has 0 amide bonds. The Balaban J connectivity index is 0.000000561. The molecule has 2 heteroatoms. The van der Waals surface area contributed by atoms with Crippen molar-refractivity contribution in [1.82, 2.24) is 4.98 Å². The first kappa shape index (κ1) is 10.6. The van der Waals surface area contributed by atoms with Crippen LogP contribution in [-0.2, 0) is 0 Å². The van der Waals surface area contributed by atoms with E-state index in [1.807, 2.05) is 39.0 Å². The van der Waals surface area contributed by atoms with Crippen LogP contribution in [0.2, 0.25) is 0 Å². The van der Waals surface area contributed by atoms with Gasteiger partial charge in [-0.2, -0.15) is 5.26 Å². The fraction of sp³-hybridized carbons (Fsp3) is 0.400. The lowest BCUT2D eigenvalue weighted by Gasteiger charge is -1.97. The summed E-state index contributed by atoms with van der Waals surface area (Å²) in [6.07, 6.45) is 1.70. The first-order valence-electron chi connectivity index (χ1n) is 4.15. The molecule has 0 bridgehead atoms. The second-order valence-corrected chi connectivity index (χ2v) is 2.11. The van der Waals surface area contributed by atoms with Crippen molar-refractivity contribution in [1.29, 1.82) is 5.26 Å². The number of nitrogens with zero attached hydrogens (tertiary/aromatic N) is 2. The van der Waals surface area contributed by atoms with E-state index in [0.29, 0.717) is 0 Å². The fourth-order valence-electron chi connectivity index (χ4n) is 0.698. The molecule has 12 heavy (non-hydrogen) atoms. The largest absolute Gasteiger partial charge is 0.260 e. The Morgan fingerprint density at radius 1 is 1.42 bits per heavy atom.